The first-order chi connectivity index (χ1) is 12.9. The Labute approximate surface area is 154 Å². The number of piperidine rings is 1. The highest BCUT2D eigenvalue weighted by molar-refractivity contribution is 5.82. The zero-order valence-electron chi connectivity index (χ0n) is 14.4. The molecule has 2 aromatic carbocycles. The fourth-order valence-electron chi connectivity index (χ4n) is 3.52. The van der Waals surface area contributed by atoms with E-state index in [0.29, 0.717) is 0 Å². The van der Waals surface area contributed by atoms with Crippen molar-refractivity contribution in [3.05, 3.63) is 70.8 Å². The number of aliphatic carboxylic acids is 1. The molecule has 0 saturated carbocycles. The summed E-state index contributed by atoms with van der Waals surface area (Å²) in [6, 6.07) is 11.0. The molecule has 1 amide bonds. The maximum Gasteiger partial charge on any atom is 0.308 e. The molecule has 142 valence electrons. The zero-order chi connectivity index (χ0) is 19.6. The van der Waals surface area contributed by atoms with Gasteiger partial charge in [0.2, 0.25) is 5.91 Å². The number of hydrogen-bond donors (Lipinski definition) is 2. The Morgan fingerprint density at radius 1 is 1.11 bits per heavy atom. The van der Waals surface area contributed by atoms with E-state index in [1.807, 2.05) is 30.3 Å². The number of halogens is 2. The molecule has 1 saturated heterocycles. The van der Waals surface area contributed by atoms with Crippen LogP contribution >= 0.6 is 0 Å². The van der Waals surface area contributed by atoms with Gasteiger partial charge in [-0.3, -0.25) is 9.59 Å². The molecule has 1 fully saturated rings. The number of amides is 1. The number of aliphatic hydroxyl groups is 1. The zero-order valence-corrected chi connectivity index (χ0v) is 14.4. The molecule has 0 spiro atoms. The van der Waals surface area contributed by atoms with Crippen molar-refractivity contribution in [3.8, 4) is 0 Å². The van der Waals surface area contributed by atoms with Gasteiger partial charge in [-0.05, 0) is 23.3 Å². The molecule has 3 rings (SSSR count). The van der Waals surface area contributed by atoms with Crippen molar-refractivity contribution in [2.24, 2.45) is 5.92 Å². The SMILES string of the molecule is O=C(O)[C@H]1CN(Cc2ccccc2)C(=O)CC1c1c(F)cc(CO)cc1F. The highest BCUT2D eigenvalue weighted by Crippen LogP contribution is 2.37. The molecule has 1 aliphatic heterocycles. The number of benzene rings is 2. The van der Waals surface area contributed by atoms with E-state index in [0.717, 1.165) is 17.7 Å². The number of carboxylic acid groups (broad SMARTS) is 1. The van der Waals surface area contributed by atoms with E-state index in [2.05, 4.69) is 0 Å². The summed E-state index contributed by atoms with van der Waals surface area (Å²) in [6.45, 7) is -0.427. The van der Waals surface area contributed by atoms with Gasteiger partial charge in [0.1, 0.15) is 11.6 Å². The number of carboxylic acids is 1. The van der Waals surface area contributed by atoms with E-state index >= 15 is 0 Å². The van der Waals surface area contributed by atoms with Crippen LogP contribution in [0.1, 0.15) is 29.0 Å². The number of nitrogens with zero attached hydrogens (tertiary/aromatic N) is 1. The van der Waals surface area contributed by atoms with Gasteiger partial charge in [-0.15, -0.1) is 0 Å². The van der Waals surface area contributed by atoms with Crippen LogP contribution in [0.25, 0.3) is 0 Å². The minimum absolute atomic E-state index is 0.0495. The van der Waals surface area contributed by atoms with Gasteiger partial charge in [-0.1, -0.05) is 30.3 Å². The van der Waals surface area contributed by atoms with Crippen LogP contribution in [0.5, 0.6) is 0 Å². The predicted molar refractivity (Wildman–Crippen MR) is 92.6 cm³/mol. The van der Waals surface area contributed by atoms with Gasteiger partial charge in [0, 0.05) is 31.0 Å². The van der Waals surface area contributed by atoms with Crippen molar-refractivity contribution in [2.75, 3.05) is 6.54 Å². The van der Waals surface area contributed by atoms with Crippen LogP contribution < -0.4 is 0 Å². The summed E-state index contributed by atoms with van der Waals surface area (Å²) < 4.78 is 28.8. The summed E-state index contributed by atoms with van der Waals surface area (Å²) in [5.74, 6) is -5.69. The third-order valence-electron chi connectivity index (χ3n) is 4.88. The topological polar surface area (TPSA) is 77.8 Å². The Morgan fingerprint density at radius 2 is 1.74 bits per heavy atom. The predicted octanol–water partition coefficient (Wildman–Crippen LogP) is 2.67. The summed E-state index contributed by atoms with van der Waals surface area (Å²) in [5, 5.41) is 18.7. The Morgan fingerprint density at radius 3 is 2.30 bits per heavy atom. The van der Waals surface area contributed by atoms with Crippen LogP contribution in [0.15, 0.2) is 42.5 Å². The highest BCUT2D eigenvalue weighted by Gasteiger charge is 2.41. The van der Waals surface area contributed by atoms with E-state index < -0.39 is 41.6 Å². The lowest BCUT2D eigenvalue weighted by molar-refractivity contribution is -0.149. The second kappa shape index (κ2) is 7.84. The molecule has 1 unspecified atom stereocenters. The average Bonchev–Trinajstić information content (AvgIpc) is 2.63. The highest BCUT2D eigenvalue weighted by atomic mass is 19.1. The molecular weight excluding hydrogens is 356 g/mol. The molecule has 2 aromatic rings. The van der Waals surface area contributed by atoms with Crippen molar-refractivity contribution >= 4 is 11.9 Å². The first-order valence-electron chi connectivity index (χ1n) is 8.54. The lowest BCUT2D eigenvalue weighted by Crippen LogP contribution is -2.46. The fraction of sp³-hybridized carbons (Fsp3) is 0.300. The molecule has 0 bridgehead atoms. The lowest BCUT2D eigenvalue weighted by atomic mass is 9.79. The molecule has 27 heavy (non-hydrogen) atoms. The maximum absolute atomic E-state index is 14.4. The van der Waals surface area contributed by atoms with Gasteiger partial charge in [-0.2, -0.15) is 0 Å². The van der Waals surface area contributed by atoms with Crippen LogP contribution in [0.4, 0.5) is 8.78 Å². The second-order valence-corrected chi connectivity index (χ2v) is 6.65. The molecule has 0 aliphatic carbocycles. The third kappa shape index (κ3) is 3.98. The Bertz CT molecular complexity index is 833. The molecule has 0 aromatic heterocycles. The normalized spacial score (nSPS) is 20.0. The van der Waals surface area contributed by atoms with Gasteiger partial charge >= 0.3 is 5.97 Å². The summed E-state index contributed by atoms with van der Waals surface area (Å²) in [7, 11) is 0. The molecule has 7 heteroatoms. The van der Waals surface area contributed by atoms with Crippen LogP contribution in [0.3, 0.4) is 0 Å². The van der Waals surface area contributed by atoms with Crippen LogP contribution in [-0.2, 0) is 22.7 Å². The molecular formula is C20H19F2NO4. The monoisotopic (exact) mass is 375 g/mol. The van der Waals surface area contributed by atoms with E-state index in [1.54, 1.807) is 0 Å². The van der Waals surface area contributed by atoms with Crippen molar-refractivity contribution in [3.63, 3.8) is 0 Å². The number of hydrogen-bond acceptors (Lipinski definition) is 3. The van der Waals surface area contributed by atoms with E-state index in [-0.39, 0.29) is 31.0 Å². The Balaban J connectivity index is 1.90. The molecule has 2 N–H and O–H groups in total. The van der Waals surface area contributed by atoms with E-state index in [4.69, 9.17) is 5.11 Å². The van der Waals surface area contributed by atoms with E-state index in [1.165, 1.54) is 4.90 Å². The summed E-state index contributed by atoms with van der Waals surface area (Å²) in [6.07, 6.45) is -0.296. The molecule has 1 aliphatic rings. The number of rotatable bonds is 5. The van der Waals surface area contributed by atoms with Crippen molar-refractivity contribution in [1.82, 2.24) is 4.90 Å². The summed E-state index contributed by atoms with van der Waals surface area (Å²) >= 11 is 0. The van der Waals surface area contributed by atoms with Gasteiger partial charge in [0.25, 0.3) is 0 Å². The van der Waals surface area contributed by atoms with Crippen molar-refractivity contribution in [2.45, 2.75) is 25.5 Å². The number of aliphatic hydroxyl groups excluding tert-OH is 1. The lowest BCUT2D eigenvalue weighted by Gasteiger charge is -2.36. The smallest absolute Gasteiger partial charge is 0.308 e. The first kappa shape index (κ1) is 19.0. The molecule has 1 heterocycles. The summed E-state index contributed by atoms with van der Waals surface area (Å²) in [4.78, 5) is 25.7. The van der Waals surface area contributed by atoms with Crippen LogP contribution in [0, 0.1) is 17.6 Å². The Hall–Kier alpha value is -2.80. The van der Waals surface area contributed by atoms with Gasteiger partial charge in [0.15, 0.2) is 0 Å². The quantitative estimate of drug-likeness (QED) is 0.842. The molecule has 0 radical (unpaired) electrons. The van der Waals surface area contributed by atoms with Gasteiger partial charge < -0.3 is 15.1 Å². The van der Waals surface area contributed by atoms with Crippen molar-refractivity contribution in [1.29, 1.82) is 0 Å². The van der Waals surface area contributed by atoms with Crippen LogP contribution in [0.2, 0.25) is 0 Å². The number of likely N-dealkylation sites (tertiary alicyclic amines) is 1. The molecule has 5 nitrogen and oxygen atoms in total. The summed E-state index contributed by atoms with van der Waals surface area (Å²) in [5.41, 5.74) is 0.485. The second-order valence-electron chi connectivity index (χ2n) is 6.65. The van der Waals surface area contributed by atoms with E-state index in [9.17, 15) is 23.5 Å². The standard InChI is InChI=1S/C20H19F2NO4/c21-16-6-13(11-24)7-17(22)19(16)14-8-18(25)23(10-15(14)20(26)27)9-12-4-2-1-3-5-12/h1-7,14-15,24H,8-11H2,(H,26,27)/t14?,15-/m0/s1. The van der Waals surface area contributed by atoms with Gasteiger partial charge in [0.05, 0.1) is 12.5 Å². The first-order valence-corrected chi connectivity index (χ1v) is 8.54. The van der Waals surface area contributed by atoms with Crippen molar-refractivity contribution < 1.29 is 28.6 Å². The molecule has 2 atom stereocenters. The number of carbonyl (C=O) groups is 2. The Kier molecular flexibility index (Phi) is 5.51. The minimum atomic E-state index is -1.21. The van der Waals surface area contributed by atoms with Gasteiger partial charge in [-0.25, -0.2) is 8.78 Å². The third-order valence-corrected chi connectivity index (χ3v) is 4.88. The largest absolute Gasteiger partial charge is 0.481 e. The van der Waals surface area contributed by atoms with Crippen LogP contribution in [-0.4, -0.2) is 33.5 Å². The maximum atomic E-state index is 14.4. The average molecular weight is 375 g/mol. The fourth-order valence-corrected chi connectivity index (χ4v) is 3.52. The number of carbonyl (C=O) groups excluding carboxylic acids is 1. The minimum Gasteiger partial charge on any atom is -0.481 e.